The van der Waals surface area contributed by atoms with Crippen LogP contribution in [0.3, 0.4) is 0 Å². The van der Waals surface area contributed by atoms with Gasteiger partial charge in [0.25, 0.3) is 0 Å². The van der Waals surface area contributed by atoms with Crippen molar-refractivity contribution in [1.29, 1.82) is 0 Å². The van der Waals surface area contributed by atoms with E-state index in [0.717, 1.165) is 43.4 Å². The van der Waals surface area contributed by atoms with Gasteiger partial charge in [-0.1, -0.05) is 24.3 Å². The predicted octanol–water partition coefficient (Wildman–Crippen LogP) is 3.03. The zero-order valence-corrected chi connectivity index (χ0v) is 16.1. The molecule has 140 valence electrons. The Hall–Kier alpha value is -2.24. The van der Waals surface area contributed by atoms with Gasteiger partial charge in [0.15, 0.2) is 11.5 Å². The van der Waals surface area contributed by atoms with E-state index in [1.807, 2.05) is 12.1 Å². The fourth-order valence-corrected chi connectivity index (χ4v) is 3.42. The molecule has 5 heteroatoms. The van der Waals surface area contributed by atoms with Crippen molar-refractivity contribution in [2.45, 2.75) is 19.2 Å². The highest BCUT2D eigenvalue weighted by Gasteiger charge is 2.23. The summed E-state index contributed by atoms with van der Waals surface area (Å²) < 4.78 is 17.1. The van der Waals surface area contributed by atoms with Crippen LogP contribution in [0, 0.1) is 0 Å². The minimum absolute atomic E-state index is 0.133. The lowest BCUT2D eigenvalue weighted by molar-refractivity contribution is 0.116. The van der Waals surface area contributed by atoms with Crippen LogP contribution in [-0.4, -0.2) is 57.3 Å². The normalized spacial score (nSPS) is 17.3. The fourth-order valence-electron chi connectivity index (χ4n) is 3.42. The Morgan fingerprint density at radius 2 is 1.85 bits per heavy atom. The maximum atomic E-state index is 6.29. The Bertz CT molecular complexity index is 733. The van der Waals surface area contributed by atoms with E-state index in [2.05, 4.69) is 54.2 Å². The molecule has 0 spiro atoms. The van der Waals surface area contributed by atoms with Crippen LogP contribution in [0.25, 0.3) is 0 Å². The van der Waals surface area contributed by atoms with Crippen LogP contribution >= 0.6 is 0 Å². The molecule has 1 atom stereocenters. The van der Waals surface area contributed by atoms with Gasteiger partial charge in [-0.15, -0.1) is 0 Å². The SMILES string of the molecule is COc1ccc(CN2Cc3ccccc3O[C@H](CN(C)C)C2)cc1OC. The van der Waals surface area contributed by atoms with Gasteiger partial charge in [-0.2, -0.15) is 0 Å². The minimum atomic E-state index is 0.133. The van der Waals surface area contributed by atoms with Gasteiger partial charge in [-0.3, -0.25) is 4.90 Å². The van der Waals surface area contributed by atoms with Gasteiger partial charge in [0, 0.05) is 31.7 Å². The highest BCUT2D eigenvalue weighted by Crippen LogP contribution is 2.30. The summed E-state index contributed by atoms with van der Waals surface area (Å²) in [4.78, 5) is 4.61. The average Bonchev–Trinajstić information content (AvgIpc) is 2.79. The number of fused-ring (bicyclic) bond motifs is 1. The first-order valence-electron chi connectivity index (χ1n) is 8.91. The molecule has 1 aliphatic heterocycles. The number of methoxy groups -OCH3 is 2. The molecule has 0 saturated carbocycles. The second kappa shape index (κ2) is 8.43. The van der Waals surface area contributed by atoms with Crippen molar-refractivity contribution in [2.24, 2.45) is 0 Å². The summed E-state index contributed by atoms with van der Waals surface area (Å²) in [6, 6.07) is 14.4. The molecule has 26 heavy (non-hydrogen) atoms. The van der Waals surface area contributed by atoms with Crippen LogP contribution < -0.4 is 14.2 Å². The molecular formula is C21H28N2O3. The van der Waals surface area contributed by atoms with Crippen LogP contribution in [-0.2, 0) is 13.1 Å². The lowest BCUT2D eigenvalue weighted by atomic mass is 10.1. The van der Waals surface area contributed by atoms with Crippen molar-refractivity contribution in [3.05, 3.63) is 53.6 Å². The molecule has 2 aromatic rings. The Kier molecular flexibility index (Phi) is 6.01. The summed E-state index contributed by atoms with van der Waals surface area (Å²) in [6.07, 6.45) is 0.133. The first kappa shape index (κ1) is 18.5. The third-order valence-corrected chi connectivity index (χ3v) is 4.54. The average molecular weight is 356 g/mol. The van der Waals surface area contributed by atoms with E-state index in [1.165, 1.54) is 11.1 Å². The molecule has 1 heterocycles. The van der Waals surface area contributed by atoms with Gasteiger partial charge in [0.1, 0.15) is 11.9 Å². The summed E-state index contributed by atoms with van der Waals surface area (Å²) in [5.74, 6) is 2.52. The fraction of sp³-hybridized carbons (Fsp3) is 0.429. The Balaban J connectivity index is 1.81. The highest BCUT2D eigenvalue weighted by atomic mass is 16.5. The van der Waals surface area contributed by atoms with Crippen LogP contribution in [0.4, 0.5) is 0 Å². The molecule has 3 rings (SSSR count). The molecule has 0 fully saturated rings. The molecular weight excluding hydrogens is 328 g/mol. The Morgan fingerprint density at radius 1 is 1.08 bits per heavy atom. The molecule has 0 aromatic heterocycles. The highest BCUT2D eigenvalue weighted by molar-refractivity contribution is 5.43. The van der Waals surface area contributed by atoms with E-state index in [0.29, 0.717) is 0 Å². The van der Waals surface area contributed by atoms with E-state index in [9.17, 15) is 0 Å². The number of ether oxygens (including phenoxy) is 3. The smallest absolute Gasteiger partial charge is 0.161 e. The largest absolute Gasteiger partial charge is 0.493 e. The van der Waals surface area contributed by atoms with Gasteiger partial charge in [0.2, 0.25) is 0 Å². The molecule has 1 aliphatic rings. The van der Waals surface area contributed by atoms with Crippen LogP contribution in [0.2, 0.25) is 0 Å². The summed E-state index contributed by atoms with van der Waals surface area (Å²) in [5, 5.41) is 0. The van der Waals surface area contributed by atoms with Crippen molar-refractivity contribution >= 4 is 0 Å². The van der Waals surface area contributed by atoms with Crippen molar-refractivity contribution in [1.82, 2.24) is 9.80 Å². The van der Waals surface area contributed by atoms with Gasteiger partial charge in [-0.05, 0) is 37.9 Å². The minimum Gasteiger partial charge on any atom is -0.493 e. The standard InChI is InChI=1S/C21H28N2O3/c1-22(2)14-18-15-23(13-17-7-5-6-8-19(17)26-18)12-16-9-10-20(24-3)21(11-16)25-4/h5-11,18H,12-15H2,1-4H3/t18-/m1/s1. The zero-order valence-electron chi connectivity index (χ0n) is 16.1. The van der Waals surface area contributed by atoms with E-state index in [-0.39, 0.29) is 6.10 Å². The zero-order chi connectivity index (χ0) is 18.5. The molecule has 5 nitrogen and oxygen atoms in total. The third-order valence-electron chi connectivity index (χ3n) is 4.54. The topological polar surface area (TPSA) is 34.2 Å². The summed E-state index contributed by atoms with van der Waals surface area (Å²) in [6.45, 7) is 3.47. The summed E-state index contributed by atoms with van der Waals surface area (Å²) >= 11 is 0. The molecule has 0 bridgehead atoms. The number of hydrogen-bond donors (Lipinski definition) is 0. The molecule has 2 aromatic carbocycles. The number of nitrogens with zero attached hydrogens (tertiary/aromatic N) is 2. The quantitative estimate of drug-likeness (QED) is 0.795. The van der Waals surface area contributed by atoms with Crippen molar-refractivity contribution in [3.63, 3.8) is 0 Å². The number of likely N-dealkylation sites (N-methyl/N-ethyl adjacent to an activating group) is 1. The molecule has 0 N–H and O–H groups in total. The monoisotopic (exact) mass is 356 g/mol. The maximum absolute atomic E-state index is 6.29. The lowest BCUT2D eigenvalue weighted by Gasteiger charge is -2.26. The molecule has 0 aliphatic carbocycles. The Labute approximate surface area is 156 Å². The Morgan fingerprint density at radius 3 is 2.58 bits per heavy atom. The van der Waals surface area contributed by atoms with E-state index in [4.69, 9.17) is 14.2 Å². The number of para-hydroxylation sites is 1. The van der Waals surface area contributed by atoms with Gasteiger partial charge < -0.3 is 19.1 Å². The summed E-state index contributed by atoms with van der Waals surface area (Å²) in [5.41, 5.74) is 2.43. The lowest BCUT2D eigenvalue weighted by Crippen LogP contribution is -2.39. The van der Waals surface area contributed by atoms with Crippen LogP contribution in [0.5, 0.6) is 17.2 Å². The molecule has 0 unspecified atom stereocenters. The number of benzene rings is 2. The van der Waals surface area contributed by atoms with Crippen molar-refractivity contribution in [2.75, 3.05) is 41.4 Å². The second-order valence-electron chi connectivity index (χ2n) is 6.97. The number of rotatable bonds is 6. The molecule has 0 radical (unpaired) electrons. The van der Waals surface area contributed by atoms with Crippen molar-refractivity contribution in [3.8, 4) is 17.2 Å². The van der Waals surface area contributed by atoms with E-state index in [1.54, 1.807) is 14.2 Å². The summed E-state index contributed by atoms with van der Waals surface area (Å²) in [7, 11) is 7.49. The molecule has 0 saturated heterocycles. The maximum Gasteiger partial charge on any atom is 0.161 e. The third kappa shape index (κ3) is 4.48. The van der Waals surface area contributed by atoms with E-state index >= 15 is 0 Å². The first-order chi connectivity index (χ1) is 12.6. The van der Waals surface area contributed by atoms with Gasteiger partial charge in [-0.25, -0.2) is 0 Å². The van der Waals surface area contributed by atoms with E-state index < -0.39 is 0 Å². The molecule has 0 amide bonds. The second-order valence-corrected chi connectivity index (χ2v) is 6.97. The van der Waals surface area contributed by atoms with Crippen LogP contribution in [0.15, 0.2) is 42.5 Å². The van der Waals surface area contributed by atoms with Crippen molar-refractivity contribution < 1.29 is 14.2 Å². The van der Waals surface area contributed by atoms with Gasteiger partial charge >= 0.3 is 0 Å². The van der Waals surface area contributed by atoms with Gasteiger partial charge in [0.05, 0.1) is 14.2 Å². The van der Waals surface area contributed by atoms with Crippen LogP contribution in [0.1, 0.15) is 11.1 Å². The number of hydrogen-bond acceptors (Lipinski definition) is 5. The predicted molar refractivity (Wildman–Crippen MR) is 103 cm³/mol. The first-order valence-corrected chi connectivity index (χ1v) is 8.91.